The van der Waals surface area contributed by atoms with Gasteiger partial charge in [-0.1, -0.05) is 6.92 Å². The molecule has 2 N–H and O–H groups in total. The lowest BCUT2D eigenvalue weighted by Crippen LogP contribution is -2.45. The Labute approximate surface area is 133 Å². The second-order valence-electron chi connectivity index (χ2n) is 6.46. The highest BCUT2D eigenvalue weighted by Gasteiger charge is 2.24. The number of halogens is 1. The van der Waals surface area contributed by atoms with Crippen molar-refractivity contribution in [2.24, 2.45) is 0 Å². The molecule has 0 saturated carbocycles. The minimum absolute atomic E-state index is 0. The topological polar surface area (TPSA) is 59.0 Å². The summed E-state index contributed by atoms with van der Waals surface area (Å²) in [5, 5.41) is 10.8. The van der Waals surface area contributed by atoms with Crippen LogP contribution in [0.25, 0.3) is 0 Å². The van der Waals surface area contributed by atoms with Gasteiger partial charge in [0, 0.05) is 12.6 Å². The molecule has 2 heterocycles. The average Bonchev–Trinajstić information content (AvgIpc) is 2.83. The molecule has 6 heteroatoms. The van der Waals surface area contributed by atoms with Crippen molar-refractivity contribution < 1.29 is 4.79 Å². The van der Waals surface area contributed by atoms with E-state index < -0.39 is 0 Å². The summed E-state index contributed by atoms with van der Waals surface area (Å²) in [6.07, 6.45) is 4.68. The number of piperidine rings is 1. The lowest BCUT2D eigenvalue weighted by Gasteiger charge is -2.24. The summed E-state index contributed by atoms with van der Waals surface area (Å²) >= 11 is 0. The van der Waals surface area contributed by atoms with Gasteiger partial charge in [0.05, 0.1) is 23.0 Å². The van der Waals surface area contributed by atoms with Crippen LogP contribution < -0.4 is 10.6 Å². The van der Waals surface area contributed by atoms with E-state index in [1.165, 1.54) is 0 Å². The van der Waals surface area contributed by atoms with Crippen LogP contribution in [0.5, 0.6) is 0 Å². The first-order chi connectivity index (χ1) is 9.43. The number of carbonyl (C=O) groups excluding carboxylic acids is 1. The Balaban J connectivity index is 0.00000220. The minimum atomic E-state index is -0.101. The number of aromatic nitrogens is 2. The lowest BCUT2D eigenvalue weighted by molar-refractivity contribution is 0.0929. The zero-order valence-corrected chi connectivity index (χ0v) is 14.2. The number of hydrogen-bond acceptors (Lipinski definition) is 3. The van der Waals surface area contributed by atoms with Gasteiger partial charge in [-0.05, 0) is 46.6 Å². The van der Waals surface area contributed by atoms with Crippen LogP contribution in [0.1, 0.15) is 56.6 Å². The summed E-state index contributed by atoms with van der Waals surface area (Å²) in [5.74, 6) is 0.00560. The predicted octanol–water partition coefficient (Wildman–Crippen LogP) is 2.10. The molecular formula is C15H27ClN4O. The zero-order chi connectivity index (χ0) is 14.8. The molecule has 1 unspecified atom stereocenters. The van der Waals surface area contributed by atoms with Crippen LogP contribution in [0, 0.1) is 0 Å². The number of amides is 1. The third-order valence-electron chi connectivity index (χ3n) is 3.72. The number of rotatable bonds is 3. The van der Waals surface area contributed by atoms with Gasteiger partial charge in [-0.2, -0.15) is 5.10 Å². The summed E-state index contributed by atoms with van der Waals surface area (Å²) in [4.78, 5) is 12.4. The largest absolute Gasteiger partial charge is 0.348 e. The van der Waals surface area contributed by atoms with Crippen molar-refractivity contribution in [2.45, 2.75) is 58.5 Å². The summed E-state index contributed by atoms with van der Waals surface area (Å²) in [6.45, 7) is 10.3. The highest BCUT2D eigenvalue weighted by molar-refractivity contribution is 5.95. The molecule has 1 aliphatic rings. The molecule has 1 atom stereocenters. The second kappa shape index (κ2) is 7.27. The van der Waals surface area contributed by atoms with Crippen molar-refractivity contribution >= 4 is 18.3 Å². The highest BCUT2D eigenvalue weighted by Crippen LogP contribution is 2.20. The van der Waals surface area contributed by atoms with Crippen LogP contribution in [-0.2, 0) is 12.0 Å². The van der Waals surface area contributed by atoms with E-state index in [0.717, 1.165) is 38.0 Å². The predicted molar refractivity (Wildman–Crippen MR) is 87.2 cm³/mol. The Kier molecular flexibility index (Phi) is 6.23. The van der Waals surface area contributed by atoms with E-state index >= 15 is 0 Å². The first-order valence-corrected chi connectivity index (χ1v) is 7.52. The van der Waals surface area contributed by atoms with Gasteiger partial charge in [-0.25, -0.2) is 0 Å². The zero-order valence-electron chi connectivity index (χ0n) is 13.4. The van der Waals surface area contributed by atoms with Crippen molar-refractivity contribution in [3.63, 3.8) is 0 Å². The van der Waals surface area contributed by atoms with Gasteiger partial charge in [0.2, 0.25) is 0 Å². The van der Waals surface area contributed by atoms with E-state index in [9.17, 15) is 4.79 Å². The van der Waals surface area contributed by atoms with Gasteiger partial charge < -0.3 is 10.6 Å². The maximum atomic E-state index is 12.4. The van der Waals surface area contributed by atoms with Gasteiger partial charge in [0.1, 0.15) is 0 Å². The molecule has 120 valence electrons. The van der Waals surface area contributed by atoms with Crippen molar-refractivity contribution in [2.75, 3.05) is 13.1 Å². The van der Waals surface area contributed by atoms with Crippen LogP contribution in [0.4, 0.5) is 0 Å². The standard InChI is InChI=1S/C15H26N4O.ClH/c1-5-13-12(10-17-19(13)15(2,3)4)14(20)18-11-7-6-8-16-9-11;/h10-11,16H,5-9H2,1-4H3,(H,18,20);1H. The van der Waals surface area contributed by atoms with Gasteiger partial charge in [0.15, 0.2) is 0 Å². The van der Waals surface area contributed by atoms with Crippen LogP contribution in [0.2, 0.25) is 0 Å². The van der Waals surface area contributed by atoms with E-state index in [1.807, 2.05) is 4.68 Å². The quantitative estimate of drug-likeness (QED) is 0.898. The van der Waals surface area contributed by atoms with Crippen molar-refractivity contribution in [3.05, 3.63) is 17.5 Å². The maximum absolute atomic E-state index is 12.4. The third-order valence-corrected chi connectivity index (χ3v) is 3.72. The smallest absolute Gasteiger partial charge is 0.255 e. The van der Waals surface area contributed by atoms with Gasteiger partial charge in [-0.3, -0.25) is 9.48 Å². The number of carbonyl (C=O) groups is 1. The van der Waals surface area contributed by atoms with Gasteiger partial charge in [0.25, 0.3) is 5.91 Å². The van der Waals surface area contributed by atoms with Crippen molar-refractivity contribution in [1.82, 2.24) is 20.4 Å². The molecule has 21 heavy (non-hydrogen) atoms. The van der Waals surface area contributed by atoms with Gasteiger partial charge in [-0.15, -0.1) is 12.4 Å². The Morgan fingerprint density at radius 2 is 2.24 bits per heavy atom. The van der Waals surface area contributed by atoms with E-state index in [1.54, 1.807) is 6.20 Å². The van der Waals surface area contributed by atoms with Crippen LogP contribution >= 0.6 is 12.4 Å². The van der Waals surface area contributed by atoms with E-state index in [0.29, 0.717) is 5.56 Å². The molecule has 2 rings (SSSR count). The van der Waals surface area contributed by atoms with Crippen molar-refractivity contribution in [3.8, 4) is 0 Å². The number of hydrogen-bond donors (Lipinski definition) is 2. The minimum Gasteiger partial charge on any atom is -0.348 e. The van der Waals surface area contributed by atoms with Crippen molar-refractivity contribution in [1.29, 1.82) is 0 Å². The Hall–Kier alpha value is -1.07. The molecule has 1 amide bonds. The summed E-state index contributed by atoms with van der Waals surface area (Å²) < 4.78 is 1.96. The molecule has 0 radical (unpaired) electrons. The first-order valence-electron chi connectivity index (χ1n) is 7.52. The summed E-state index contributed by atoms with van der Waals surface area (Å²) in [7, 11) is 0. The fourth-order valence-electron chi connectivity index (χ4n) is 2.72. The Bertz CT molecular complexity index is 473. The molecule has 0 spiro atoms. The maximum Gasteiger partial charge on any atom is 0.255 e. The monoisotopic (exact) mass is 314 g/mol. The van der Waals surface area contributed by atoms with E-state index in [2.05, 4.69) is 43.4 Å². The molecule has 5 nitrogen and oxygen atoms in total. The molecule has 1 aromatic heterocycles. The van der Waals surface area contributed by atoms with Crippen LogP contribution in [-0.4, -0.2) is 34.8 Å². The second-order valence-corrected chi connectivity index (χ2v) is 6.46. The van der Waals surface area contributed by atoms with E-state index in [4.69, 9.17) is 0 Å². The molecular weight excluding hydrogens is 288 g/mol. The number of nitrogens with zero attached hydrogens (tertiary/aromatic N) is 2. The molecule has 0 bridgehead atoms. The summed E-state index contributed by atoms with van der Waals surface area (Å²) in [5.41, 5.74) is 1.63. The lowest BCUT2D eigenvalue weighted by atomic mass is 10.1. The molecule has 0 aliphatic carbocycles. The third kappa shape index (κ3) is 4.20. The molecule has 1 saturated heterocycles. The summed E-state index contributed by atoms with van der Waals surface area (Å²) in [6, 6.07) is 0.235. The van der Waals surface area contributed by atoms with E-state index in [-0.39, 0.29) is 29.9 Å². The fraction of sp³-hybridized carbons (Fsp3) is 0.733. The normalized spacial score (nSPS) is 19.0. The van der Waals surface area contributed by atoms with Crippen LogP contribution in [0.3, 0.4) is 0 Å². The molecule has 1 aromatic rings. The van der Waals surface area contributed by atoms with Crippen LogP contribution in [0.15, 0.2) is 6.20 Å². The average molecular weight is 315 g/mol. The first kappa shape index (κ1) is 18.0. The Morgan fingerprint density at radius 3 is 2.76 bits per heavy atom. The number of nitrogens with one attached hydrogen (secondary N) is 2. The molecule has 1 aliphatic heterocycles. The highest BCUT2D eigenvalue weighted by atomic mass is 35.5. The van der Waals surface area contributed by atoms with Gasteiger partial charge >= 0.3 is 0 Å². The fourth-order valence-corrected chi connectivity index (χ4v) is 2.72. The Morgan fingerprint density at radius 1 is 1.52 bits per heavy atom. The SMILES string of the molecule is CCc1c(C(=O)NC2CCCNC2)cnn1C(C)(C)C.Cl. The molecule has 0 aromatic carbocycles. The molecule has 1 fully saturated rings.